The predicted molar refractivity (Wildman–Crippen MR) is 175 cm³/mol. The number of carbonyl (C=O) groups is 1. The number of rotatable bonds is 7. The van der Waals surface area contributed by atoms with Crippen LogP contribution in [0, 0.1) is 13.0 Å². The summed E-state index contributed by atoms with van der Waals surface area (Å²) in [5, 5.41) is 0. The average Bonchev–Trinajstić information content (AvgIpc) is 3.25. The first-order valence-corrected chi connectivity index (χ1v) is 15.8. The lowest BCUT2D eigenvalue weighted by molar-refractivity contribution is -0.138. The summed E-state index contributed by atoms with van der Waals surface area (Å²) in [5.41, 5.74) is 2.47. The van der Waals surface area contributed by atoms with Crippen LogP contribution in [0.1, 0.15) is 43.5 Å². The molecule has 3 aromatic carbocycles. The number of halogens is 3. The number of esters is 1. The van der Waals surface area contributed by atoms with Gasteiger partial charge in [0, 0.05) is 5.56 Å². The van der Waals surface area contributed by atoms with Crippen LogP contribution < -0.4 is 19.6 Å². The SMILES string of the molecule is CCOC(=O)C1=C(c2ccccc2)N=c2s/c(=C\c3cc(I)c(OC(C)C)c(I)c3)c(=O)n2[C@@H]1c1ccc(F)cc1. The highest BCUT2D eigenvalue weighted by molar-refractivity contribution is 14.1. The molecular weight excluding hydrogens is 769 g/mol. The van der Waals surface area contributed by atoms with Gasteiger partial charge in [-0.25, -0.2) is 14.2 Å². The lowest BCUT2D eigenvalue weighted by Gasteiger charge is -2.25. The van der Waals surface area contributed by atoms with Crippen molar-refractivity contribution in [2.45, 2.75) is 32.9 Å². The van der Waals surface area contributed by atoms with E-state index in [-0.39, 0.29) is 23.8 Å². The number of hydrogen-bond acceptors (Lipinski definition) is 6. The van der Waals surface area contributed by atoms with Gasteiger partial charge < -0.3 is 9.47 Å². The molecule has 0 spiro atoms. The lowest BCUT2D eigenvalue weighted by atomic mass is 9.93. The molecule has 2 heterocycles. The number of benzene rings is 3. The van der Waals surface area contributed by atoms with E-state index in [2.05, 4.69) is 45.2 Å². The monoisotopic (exact) mass is 794 g/mol. The van der Waals surface area contributed by atoms with Crippen molar-refractivity contribution in [1.29, 1.82) is 0 Å². The van der Waals surface area contributed by atoms with Gasteiger partial charge in [0.2, 0.25) is 0 Å². The van der Waals surface area contributed by atoms with Gasteiger partial charge in [-0.3, -0.25) is 9.36 Å². The number of thiazole rings is 1. The van der Waals surface area contributed by atoms with Crippen LogP contribution in [0.3, 0.4) is 0 Å². The van der Waals surface area contributed by atoms with E-state index in [0.717, 1.165) is 18.5 Å². The van der Waals surface area contributed by atoms with Gasteiger partial charge in [-0.2, -0.15) is 0 Å². The number of carbonyl (C=O) groups excluding carboxylic acids is 1. The second kappa shape index (κ2) is 12.6. The number of ether oxygens (including phenoxy) is 2. The first kappa shape index (κ1) is 29.6. The fourth-order valence-corrected chi connectivity index (χ4v) is 7.63. The van der Waals surface area contributed by atoms with Gasteiger partial charge in [0.25, 0.3) is 5.56 Å². The molecule has 0 N–H and O–H groups in total. The Bertz CT molecular complexity index is 1810. The largest absolute Gasteiger partial charge is 0.489 e. The molecule has 0 fully saturated rings. The van der Waals surface area contributed by atoms with Crippen molar-refractivity contribution in [3.8, 4) is 5.75 Å². The van der Waals surface area contributed by atoms with Gasteiger partial charge in [0.1, 0.15) is 11.6 Å². The minimum absolute atomic E-state index is 0.0328. The lowest BCUT2D eigenvalue weighted by Crippen LogP contribution is -2.40. The maximum atomic E-state index is 14.0. The van der Waals surface area contributed by atoms with E-state index in [9.17, 15) is 14.0 Å². The van der Waals surface area contributed by atoms with Crippen LogP contribution >= 0.6 is 56.5 Å². The maximum absolute atomic E-state index is 14.0. The van der Waals surface area contributed by atoms with E-state index in [1.54, 1.807) is 19.1 Å². The highest BCUT2D eigenvalue weighted by atomic mass is 127. The Morgan fingerprint density at radius 3 is 2.37 bits per heavy atom. The first-order valence-electron chi connectivity index (χ1n) is 12.9. The summed E-state index contributed by atoms with van der Waals surface area (Å²) in [6.07, 6.45) is 1.86. The van der Waals surface area contributed by atoms with Gasteiger partial charge in [-0.15, -0.1) is 0 Å². The summed E-state index contributed by atoms with van der Waals surface area (Å²) in [5.74, 6) is -0.188. The summed E-state index contributed by atoms with van der Waals surface area (Å²) >= 11 is 5.71. The summed E-state index contributed by atoms with van der Waals surface area (Å²) in [7, 11) is 0. The molecule has 0 unspecified atom stereocenters. The van der Waals surface area contributed by atoms with Crippen LogP contribution in [0.2, 0.25) is 0 Å². The van der Waals surface area contributed by atoms with Crippen molar-refractivity contribution in [3.63, 3.8) is 0 Å². The number of aromatic nitrogens is 1. The Hall–Kier alpha value is -2.84. The van der Waals surface area contributed by atoms with Gasteiger partial charge in [0.05, 0.1) is 41.7 Å². The summed E-state index contributed by atoms with van der Waals surface area (Å²) in [6.45, 7) is 5.83. The zero-order valence-corrected chi connectivity index (χ0v) is 27.5. The minimum Gasteiger partial charge on any atom is -0.489 e. The number of nitrogens with zero attached hydrogens (tertiary/aromatic N) is 2. The Balaban J connectivity index is 1.77. The summed E-state index contributed by atoms with van der Waals surface area (Å²) < 4.78 is 29.2. The average molecular weight is 794 g/mol. The third-order valence-corrected chi connectivity index (χ3v) is 8.82. The van der Waals surface area contributed by atoms with Crippen LogP contribution in [0.25, 0.3) is 11.8 Å². The second-order valence-corrected chi connectivity index (χ2v) is 12.8. The Morgan fingerprint density at radius 1 is 1.10 bits per heavy atom. The van der Waals surface area contributed by atoms with Crippen LogP contribution in [0.15, 0.2) is 82.1 Å². The van der Waals surface area contributed by atoms with Crippen LogP contribution in [0.5, 0.6) is 5.75 Å². The van der Waals surface area contributed by atoms with Crippen molar-refractivity contribution in [1.82, 2.24) is 4.57 Å². The van der Waals surface area contributed by atoms with E-state index < -0.39 is 17.8 Å². The van der Waals surface area contributed by atoms with Crippen molar-refractivity contribution in [3.05, 3.63) is 122 Å². The molecule has 0 bridgehead atoms. The third kappa shape index (κ3) is 6.19. The molecule has 0 radical (unpaired) electrons. The highest BCUT2D eigenvalue weighted by Gasteiger charge is 2.35. The van der Waals surface area contributed by atoms with Crippen molar-refractivity contribution in [2.75, 3.05) is 6.61 Å². The molecular formula is C31H25FI2N2O4S. The molecule has 41 heavy (non-hydrogen) atoms. The molecule has 1 atom stereocenters. The van der Waals surface area contributed by atoms with E-state index in [1.807, 2.05) is 62.4 Å². The molecule has 10 heteroatoms. The molecule has 1 aromatic heterocycles. The molecule has 4 aromatic rings. The topological polar surface area (TPSA) is 69.9 Å². The summed E-state index contributed by atoms with van der Waals surface area (Å²) in [4.78, 5) is 32.8. The van der Waals surface area contributed by atoms with Crippen molar-refractivity contribution in [2.24, 2.45) is 4.99 Å². The first-order chi connectivity index (χ1) is 19.7. The standard InChI is InChI=1S/C31H25FI2N2O4S/c1-4-39-30(38)25-26(19-8-6-5-7-9-19)35-31-36(27(25)20-10-12-21(32)13-11-20)29(37)24(41-31)16-18-14-22(33)28(23(34)15-18)40-17(2)3/h5-17,27H,4H2,1-3H3/b24-16-/t27-/m1/s1. The van der Waals surface area contributed by atoms with Crippen LogP contribution in [0.4, 0.5) is 4.39 Å². The van der Waals surface area contributed by atoms with Gasteiger partial charge in [-0.05, 0) is 107 Å². The van der Waals surface area contributed by atoms with E-state index in [4.69, 9.17) is 14.5 Å². The molecule has 0 amide bonds. The minimum atomic E-state index is -0.856. The fourth-order valence-electron chi connectivity index (χ4n) is 4.56. The number of fused-ring (bicyclic) bond motifs is 1. The zero-order chi connectivity index (χ0) is 29.3. The smallest absolute Gasteiger partial charge is 0.338 e. The normalized spacial score (nSPS) is 15.1. The van der Waals surface area contributed by atoms with Crippen molar-refractivity contribution >= 4 is 74.3 Å². The molecule has 0 saturated carbocycles. The molecule has 0 saturated heterocycles. The zero-order valence-electron chi connectivity index (χ0n) is 22.4. The number of hydrogen-bond donors (Lipinski definition) is 0. The Morgan fingerprint density at radius 2 is 1.76 bits per heavy atom. The maximum Gasteiger partial charge on any atom is 0.338 e. The summed E-state index contributed by atoms with van der Waals surface area (Å²) in [6, 6.07) is 18.2. The van der Waals surface area contributed by atoms with Crippen LogP contribution in [-0.2, 0) is 9.53 Å². The van der Waals surface area contributed by atoms with E-state index in [1.165, 1.54) is 28.0 Å². The van der Waals surface area contributed by atoms with Gasteiger partial charge >= 0.3 is 5.97 Å². The molecule has 210 valence electrons. The molecule has 5 rings (SSSR count). The predicted octanol–water partition coefficient (Wildman–Crippen LogP) is 6.07. The molecule has 0 aliphatic carbocycles. The second-order valence-electron chi connectivity index (χ2n) is 9.46. The van der Waals surface area contributed by atoms with Gasteiger partial charge in [-0.1, -0.05) is 53.8 Å². The Kier molecular flexibility index (Phi) is 9.09. The van der Waals surface area contributed by atoms with Crippen LogP contribution in [-0.4, -0.2) is 23.2 Å². The third-order valence-electron chi connectivity index (χ3n) is 6.23. The van der Waals surface area contributed by atoms with Crippen molar-refractivity contribution < 1.29 is 18.7 Å². The molecule has 1 aliphatic rings. The van der Waals surface area contributed by atoms with Gasteiger partial charge in [0.15, 0.2) is 4.80 Å². The highest BCUT2D eigenvalue weighted by Crippen LogP contribution is 2.35. The molecule has 1 aliphatic heterocycles. The fraction of sp³-hybridized carbons (Fsp3) is 0.194. The van der Waals surface area contributed by atoms with E-state index in [0.29, 0.717) is 26.2 Å². The quantitative estimate of drug-likeness (QED) is 0.168. The van der Waals surface area contributed by atoms with E-state index >= 15 is 0 Å². The Labute approximate surface area is 267 Å². The molecule has 6 nitrogen and oxygen atoms in total.